The van der Waals surface area contributed by atoms with E-state index in [1.165, 1.54) is 18.3 Å². The molecule has 20 heavy (non-hydrogen) atoms. The molecule has 6 heteroatoms. The molecule has 1 aromatic rings. The van der Waals surface area contributed by atoms with E-state index in [4.69, 9.17) is 10.2 Å². The number of carbonyl (C=O) groups excluding carboxylic acids is 1. The van der Waals surface area contributed by atoms with Crippen molar-refractivity contribution in [1.82, 2.24) is 9.88 Å². The second-order valence-corrected chi connectivity index (χ2v) is 5.01. The van der Waals surface area contributed by atoms with Crippen molar-refractivity contribution in [2.24, 2.45) is 5.92 Å². The third-order valence-electron chi connectivity index (χ3n) is 3.57. The summed E-state index contributed by atoms with van der Waals surface area (Å²) in [7, 11) is 0. The number of aliphatic hydroxyl groups is 1. The molecule has 0 aliphatic carbocycles. The third kappa shape index (κ3) is 3.33. The summed E-state index contributed by atoms with van der Waals surface area (Å²) in [6.07, 6.45) is 3.97. The average molecular weight is 278 g/mol. The van der Waals surface area contributed by atoms with Gasteiger partial charge in [0.15, 0.2) is 0 Å². The molecule has 2 rings (SSSR count). The molecule has 6 nitrogen and oxygen atoms in total. The Hall–Kier alpha value is -1.95. The lowest BCUT2D eigenvalue weighted by atomic mass is 9.95. The van der Waals surface area contributed by atoms with Crippen molar-refractivity contribution in [2.45, 2.75) is 19.3 Å². The van der Waals surface area contributed by atoms with Gasteiger partial charge in [0, 0.05) is 25.9 Å². The zero-order valence-electron chi connectivity index (χ0n) is 11.2. The van der Waals surface area contributed by atoms with Gasteiger partial charge in [0.25, 0.3) is 5.91 Å². The summed E-state index contributed by atoms with van der Waals surface area (Å²) in [5.74, 6) is -0.897. The van der Waals surface area contributed by atoms with Crippen LogP contribution in [0.15, 0.2) is 18.3 Å². The Kier molecular flexibility index (Phi) is 4.68. The van der Waals surface area contributed by atoms with Crippen molar-refractivity contribution >= 4 is 11.9 Å². The molecule has 1 saturated heterocycles. The van der Waals surface area contributed by atoms with Crippen molar-refractivity contribution in [2.75, 3.05) is 19.7 Å². The van der Waals surface area contributed by atoms with Crippen LogP contribution in [0.4, 0.5) is 0 Å². The van der Waals surface area contributed by atoms with E-state index in [9.17, 15) is 9.59 Å². The molecule has 1 aromatic heterocycles. The Morgan fingerprint density at radius 2 is 2.20 bits per heavy atom. The monoisotopic (exact) mass is 278 g/mol. The van der Waals surface area contributed by atoms with Crippen LogP contribution in [0.2, 0.25) is 0 Å². The Labute approximate surface area is 117 Å². The normalized spacial score (nSPS) is 18.9. The predicted octanol–water partition coefficient (Wildman–Crippen LogP) is 1.01. The Bertz CT molecular complexity index is 484. The Morgan fingerprint density at radius 3 is 2.80 bits per heavy atom. The van der Waals surface area contributed by atoms with Crippen molar-refractivity contribution in [3.8, 4) is 0 Å². The van der Waals surface area contributed by atoms with E-state index in [0.29, 0.717) is 31.0 Å². The zero-order valence-corrected chi connectivity index (χ0v) is 11.2. The van der Waals surface area contributed by atoms with Crippen LogP contribution in [0.5, 0.6) is 0 Å². The number of carboxylic acids is 1. The highest BCUT2D eigenvalue weighted by Gasteiger charge is 2.24. The number of aromatic nitrogens is 1. The molecule has 0 aromatic carbocycles. The van der Waals surface area contributed by atoms with Crippen molar-refractivity contribution < 1.29 is 19.8 Å². The SMILES string of the molecule is O=C(O)c1ccc(C(=O)N2CCCC(CCO)C2)cn1. The summed E-state index contributed by atoms with van der Waals surface area (Å²) in [4.78, 5) is 28.5. The lowest BCUT2D eigenvalue weighted by Crippen LogP contribution is -2.40. The largest absolute Gasteiger partial charge is 0.477 e. The minimum Gasteiger partial charge on any atom is -0.477 e. The number of aliphatic hydroxyl groups excluding tert-OH is 1. The number of piperidine rings is 1. The standard InChI is InChI=1S/C14H18N2O4/c17-7-5-10-2-1-6-16(9-10)13(18)11-3-4-12(14(19)20)15-8-11/h3-4,8,10,17H,1-2,5-7,9H2,(H,19,20). The lowest BCUT2D eigenvalue weighted by Gasteiger charge is -2.32. The molecule has 1 unspecified atom stereocenters. The molecule has 1 fully saturated rings. The molecule has 1 atom stereocenters. The van der Waals surface area contributed by atoms with E-state index in [-0.39, 0.29) is 18.2 Å². The number of nitrogens with zero attached hydrogens (tertiary/aromatic N) is 2. The van der Waals surface area contributed by atoms with Crippen LogP contribution in [0.3, 0.4) is 0 Å². The summed E-state index contributed by atoms with van der Waals surface area (Å²) in [5.41, 5.74) is 0.331. The summed E-state index contributed by atoms with van der Waals surface area (Å²) in [5, 5.41) is 17.7. The minimum absolute atomic E-state index is 0.0710. The lowest BCUT2D eigenvalue weighted by molar-refractivity contribution is 0.0648. The van der Waals surface area contributed by atoms with Gasteiger partial charge in [-0.15, -0.1) is 0 Å². The highest BCUT2D eigenvalue weighted by Crippen LogP contribution is 2.20. The second-order valence-electron chi connectivity index (χ2n) is 5.01. The van der Waals surface area contributed by atoms with Crippen LogP contribution < -0.4 is 0 Å². The van der Waals surface area contributed by atoms with Gasteiger partial charge < -0.3 is 15.1 Å². The molecule has 0 radical (unpaired) electrons. The smallest absolute Gasteiger partial charge is 0.354 e. The number of amides is 1. The summed E-state index contributed by atoms with van der Waals surface area (Å²) < 4.78 is 0. The van der Waals surface area contributed by atoms with Crippen LogP contribution in [0.1, 0.15) is 40.1 Å². The van der Waals surface area contributed by atoms with Gasteiger partial charge in [0.2, 0.25) is 0 Å². The van der Waals surface area contributed by atoms with E-state index in [2.05, 4.69) is 4.98 Å². The molecule has 1 amide bonds. The van der Waals surface area contributed by atoms with E-state index >= 15 is 0 Å². The third-order valence-corrected chi connectivity index (χ3v) is 3.57. The van der Waals surface area contributed by atoms with Crippen molar-refractivity contribution in [1.29, 1.82) is 0 Å². The molecule has 2 heterocycles. The maximum atomic E-state index is 12.3. The van der Waals surface area contributed by atoms with Gasteiger partial charge in [-0.1, -0.05) is 0 Å². The van der Waals surface area contributed by atoms with Gasteiger partial charge in [-0.25, -0.2) is 9.78 Å². The number of rotatable bonds is 4. The average Bonchev–Trinajstić information content (AvgIpc) is 2.47. The fraction of sp³-hybridized carbons (Fsp3) is 0.500. The number of carbonyl (C=O) groups is 2. The fourth-order valence-electron chi connectivity index (χ4n) is 2.50. The van der Waals surface area contributed by atoms with E-state index in [1.807, 2.05) is 0 Å². The Balaban J connectivity index is 2.04. The molecule has 0 bridgehead atoms. The quantitative estimate of drug-likeness (QED) is 0.858. The van der Waals surface area contributed by atoms with E-state index in [1.54, 1.807) is 4.90 Å². The first kappa shape index (κ1) is 14.5. The first-order valence-corrected chi connectivity index (χ1v) is 6.71. The fourth-order valence-corrected chi connectivity index (χ4v) is 2.50. The highest BCUT2D eigenvalue weighted by atomic mass is 16.4. The number of carboxylic acid groups (broad SMARTS) is 1. The first-order valence-electron chi connectivity index (χ1n) is 6.71. The van der Waals surface area contributed by atoms with Crippen LogP contribution in [0.25, 0.3) is 0 Å². The first-order chi connectivity index (χ1) is 9.61. The molecular formula is C14H18N2O4. The van der Waals surface area contributed by atoms with Gasteiger partial charge in [-0.3, -0.25) is 4.79 Å². The number of likely N-dealkylation sites (tertiary alicyclic amines) is 1. The minimum atomic E-state index is -1.11. The number of hydrogen-bond acceptors (Lipinski definition) is 4. The molecule has 108 valence electrons. The van der Waals surface area contributed by atoms with Gasteiger partial charge in [0.1, 0.15) is 5.69 Å². The van der Waals surface area contributed by atoms with Crippen LogP contribution in [-0.4, -0.2) is 51.7 Å². The van der Waals surface area contributed by atoms with Crippen LogP contribution in [-0.2, 0) is 0 Å². The zero-order chi connectivity index (χ0) is 14.5. The van der Waals surface area contributed by atoms with Crippen LogP contribution in [0, 0.1) is 5.92 Å². The number of pyridine rings is 1. The molecular weight excluding hydrogens is 260 g/mol. The topological polar surface area (TPSA) is 90.7 Å². The maximum absolute atomic E-state index is 12.3. The number of aromatic carboxylic acids is 1. The van der Waals surface area contributed by atoms with Crippen molar-refractivity contribution in [3.05, 3.63) is 29.6 Å². The molecule has 0 spiro atoms. The summed E-state index contributed by atoms with van der Waals surface area (Å²) in [6, 6.07) is 2.83. The van der Waals surface area contributed by atoms with Crippen LogP contribution >= 0.6 is 0 Å². The van der Waals surface area contributed by atoms with Gasteiger partial charge >= 0.3 is 5.97 Å². The van der Waals surface area contributed by atoms with Crippen molar-refractivity contribution in [3.63, 3.8) is 0 Å². The second kappa shape index (κ2) is 6.47. The maximum Gasteiger partial charge on any atom is 0.354 e. The van der Waals surface area contributed by atoms with E-state index < -0.39 is 5.97 Å². The molecule has 0 saturated carbocycles. The highest BCUT2D eigenvalue weighted by molar-refractivity contribution is 5.95. The number of hydrogen-bond donors (Lipinski definition) is 2. The molecule has 1 aliphatic rings. The Morgan fingerprint density at radius 1 is 1.40 bits per heavy atom. The van der Waals surface area contributed by atoms with Gasteiger partial charge in [-0.05, 0) is 37.3 Å². The molecule has 2 N–H and O–H groups in total. The molecule has 1 aliphatic heterocycles. The summed E-state index contributed by atoms with van der Waals surface area (Å²) >= 11 is 0. The summed E-state index contributed by atoms with van der Waals surface area (Å²) in [6.45, 7) is 1.48. The predicted molar refractivity (Wildman–Crippen MR) is 71.5 cm³/mol. The van der Waals surface area contributed by atoms with E-state index in [0.717, 1.165) is 12.8 Å². The van der Waals surface area contributed by atoms with Gasteiger partial charge in [-0.2, -0.15) is 0 Å². The van der Waals surface area contributed by atoms with Gasteiger partial charge in [0.05, 0.1) is 5.56 Å².